The summed E-state index contributed by atoms with van der Waals surface area (Å²) >= 11 is 5.19. The molecule has 0 radical (unpaired) electrons. The molecule has 1 atom stereocenters. The first-order valence-corrected chi connectivity index (χ1v) is 7.73. The zero-order chi connectivity index (χ0) is 13.8. The molecule has 0 saturated carbocycles. The third kappa shape index (κ3) is 3.63. The van der Waals surface area contributed by atoms with Crippen LogP contribution in [0.25, 0.3) is 0 Å². The van der Waals surface area contributed by atoms with Gasteiger partial charge in [-0.2, -0.15) is 0 Å². The van der Waals surface area contributed by atoms with Crippen molar-refractivity contribution in [3.8, 4) is 0 Å². The van der Waals surface area contributed by atoms with Gasteiger partial charge in [-0.25, -0.2) is 4.39 Å². The molecule has 19 heavy (non-hydrogen) atoms. The summed E-state index contributed by atoms with van der Waals surface area (Å²) in [6.07, 6.45) is 1.67. The van der Waals surface area contributed by atoms with E-state index in [1.807, 2.05) is 0 Å². The zero-order valence-electron chi connectivity index (χ0n) is 10.6. The van der Waals surface area contributed by atoms with Crippen LogP contribution in [0.3, 0.4) is 0 Å². The summed E-state index contributed by atoms with van der Waals surface area (Å²) in [5, 5.41) is 0. The number of halogens is 2. The second-order valence-electron chi connectivity index (χ2n) is 4.32. The number of hydrogen-bond acceptors (Lipinski definition) is 3. The fourth-order valence-electron chi connectivity index (χ4n) is 1.93. The van der Waals surface area contributed by atoms with E-state index in [4.69, 9.17) is 5.84 Å². The van der Waals surface area contributed by atoms with Crippen LogP contribution in [0.1, 0.15) is 28.3 Å². The van der Waals surface area contributed by atoms with E-state index in [0.29, 0.717) is 6.42 Å². The molecule has 0 saturated heterocycles. The topological polar surface area (TPSA) is 38.0 Å². The SMILES string of the molecule is CCc1ccc(C(Cc2cc(F)ccc2Br)NN)s1. The average molecular weight is 343 g/mol. The molecule has 0 aliphatic heterocycles. The monoisotopic (exact) mass is 342 g/mol. The van der Waals surface area contributed by atoms with Crippen LogP contribution in [0.2, 0.25) is 0 Å². The van der Waals surface area contributed by atoms with Crippen LogP contribution in [-0.4, -0.2) is 0 Å². The molecule has 0 aliphatic carbocycles. The number of rotatable bonds is 5. The van der Waals surface area contributed by atoms with Crippen LogP contribution in [-0.2, 0) is 12.8 Å². The molecule has 102 valence electrons. The molecule has 0 aliphatic rings. The van der Waals surface area contributed by atoms with Crippen LogP contribution >= 0.6 is 27.3 Å². The average Bonchev–Trinajstić information content (AvgIpc) is 2.88. The molecule has 0 amide bonds. The van der Waals surface area contributed by atoms with E-state index in [-0.39, 0.29) is 11.9 Å². The van der Waals surface area contributed by atoms with Crippen molar-refractivity contribution in [1.82, 2.24) is 5.43 Å². The van der Waals surface area contributed by atoms with Gasteiger partial charge in [0.1, 0.15) is 5.82 Å². The van der Waals surface area contributed by atoms with E-state index in [9.17, 15) is 4.39 Å². The predicted molar refractivity (Wildman–Crippen MR) is 81.6 cm³/mol. The first-order chi connectivity index (χ1) is 9.13. The van der Waals surface area contributed by atoms with E-state index in [1.165, 1.54) is 15.8 Å². The van der Waals surface area contributed by atoms with Gasteiger partial charge in [0.2, 0.25) is 0 Å². The number of thiophene rings is 1. The summed E-state index contributed by atoms with van der Waals surface area (Å²) in [5.74, 6) is 5.41. The van der Waals surface area contributed by atoms with Crippen molar-refractivity contribution in [3.63, 3.8) is 0 Å². The van der Waals surface area contributed by atoms with Crippen molar-refractivity contribution in [2.45, 2.75) is 25.8 Å². The summed E-state index contributed by atoms with van der Waals surface area (Å²) in [6.45, 7) is 2.13. The molecule has 1 aromatic carbocycles. The maximum Gasteiger partial charge on any atom is 0.123 e. The highest BCUT2D eigenvalue weighted by atomic mass is 79.9. The second kappa shape index (κ2) is 6.61. The van der Waals surface area contributed by atoms with E-state index in [2.05, 4.69) is 40.4 Å². The van der Waals surface area contributed by atoms with Crippen molar-refractivity contribution < 1.29 is 4.39 Å². The maximum absolute atomic E-state index is 13.3. The molecule has 2 rings (SSSR count). The summed E-state index contributed by atoms with van der Waals surface area (Å²) in [5.41, 5.74) is 3.73. The maximum atomic E-state index is 13.3. The molecule has 1 heterocycles. The van der Waals surface area contributed by atoms with Gasteiger partial charge in [0.25, 0.3) is 0 Å². The third-order valence-electron chi connectivity index (χ3n) is 3.01. The Balaban J connectivity index is 2.21. The molecule has 2 aromatic rings. The zero-order valence-corrected chi connectivity index (χ0v) is 13.0. The Bertz CT molecular complexity index is 556. The van der Waals surface area contributed by atoms with Gasteiger partial charge in [-0.3, -0.25) is 11.3 Å². The first-order valence-electron chi connectivity index (χ1n) is 6.12. The number of nitrogens with one attached hydrogen (secondary N) is 1. The van der Waals surface area contributed by atoms with Crippen molar-refractivity contribution in [2.75, 3.05) is 0 Å². The number of benzene rings is 1. The highest BCUT2D eigenvalue weighted by Crippen LogP contribution is 2.28. The van der Waals surface area contributed by atoms with Gasteiger partial charge in [-0.1, -0.05) is 22.9 Å². The Morgan fingerprint density at radius 3 is 2.79 bits per heavy atom. The predicted octanol–water partition coefficient (Wildman–Crippen LogP) is 3.96. The summed E-state index contributed by atoms with van der Waals surface area (Å²) in [4.78, 5) is 2.50. The molecule has 0 bridgehead atoms. The Morgan fingerprint density at radius 2 is 2.16 bits per heavy atom. The van der Waals surface area contributed by atoms with Crippen LogP contribution in [0, 0.1) is 5.82 Å². The smallest absolute Gasteiger partial charge is 0.123 e. The minimum Gasteiger partial charge on any atom is -0.271 e. The number of hydrazine groups is 1. The Kier molecular flexibility index (Phi) is 5.10. The molecule has 0 fully saturated rings. The minimum absolute atomic E-state index is 0.00315. The lowest BCUT2D eigenvalue weighted by atomic mass is 10.1. The molecule has 0 spiro atoms. The quantitative estimate of drug-likeness (QED) is 0.637. The summed E-state index contributed by atoms with van der Waals surface area (Å²) in [7, 11) is 0. The van der Waals surface area contributed by atoms with Gasteiger partial charge in [-0.05, 0) is 48.7 Å². The number of hydrogen-bond donors (Lipinski definition) is 2. The van der Waals surface area contributed by atoms with E-state index in [0.717, 1.165) is 16.5 Å². The molecule has 3 N–H and O–H groups in total. The van der Waals surface area contributed by atoms with E-state index in [1.54, 1.807) is 23.5 Å². The largest absolute Gasteiger partial charge is 0.271 e. The molecule has 1 aromatic heterocycles. The van der Waals surface area contributed by atoms with Gasteiger partial charge in [0.15, 0.2) is 0 Å². The van der Waals surface area contributed by atoms with Gasteiger partial charge >= 0.3 is 0 Å². The van der Waals surface area contributed by atoms with Crippen LogP contribution in [0.5, 0.6) is 0 Å². The van der Waals surface area contributed by atoms with Crippen LogP contribution in [0.4, 0.5) is 4.39 Å². The Labute approximate surface area is 124 Å². The van der Waals surface area contributed by atoms with E-state index < -0.39 is 0 Å². The summed E-state index contributed by atoms with van der Waals surface area (Å²) < 4.78 is 14.2. The van der Waals surface area contributed by atoms with Crippen molar-refractivity contribution in [3.05, 3.63) is 55.9 Å². The van der Waals surface area contributed by atoms with Gasteiger partial charge in [0, 0.05) is 14.2 Å². The van der Waals surface area contributed by atoms with Crippen molar-refractivity contribution in [1.29, 1.82) is 0 Å². The first kappa shape index (κ1) is 14.7. The molecular formula is C14H16BrFN2S. The summed E-state index contributed by atoms with van der Waals surface area (Å²) in [6, 6.07) is 8.92. The Hall–Kier alpha value is -0.750. The van der Waals surface area contributed by atoms with Crippen molar-refractivity contribution >= 4 is 27.3 Å². The normalized spacial score (nSPS) is 12.6. The van der Waals surface area contributed by atoms with E-state index >= 15 is 0 Å². The second-order valence-corrected chi connectivity index (χ2v) is 6.37. The molecule has 1 unspecified atom stereocenters. The lowest BCUT2D eigenvalue weighted by molar-refractivity contribution is 0.555. The minimum atomic E-state index is -0.227. The van der Waals surface area contributed by atoms with Crippen LogP contribution in [0.15, 0.2) is 34.8 Å². The van der Waals surface area contributed by atoms with Gasteiger partial charge in [0.05, 0.1) is 6.04 Å². The van der Waals surface area contributed by atoms with Crippen molar-refractivity contribution in [2.24, 2.45) is 5.84 Å². The standard InChI is InChI=1S/C14H16BrFN2S/c1-2-11-4-6-14(19-11)13(18-17)8-9-7-10(16)3-5-12(9)15/h3-7,13,18H,2,8,17H2,1H3. The van der Waals surface area contributed by atoms with Crippen LogP contribution < -0.4 is 11.3 Å². The Morgan fingerprint density at radius 1 is 1.37 bits per heavy atom. The lowest BCUT2D eigenvalue weighted by Crippen LogP contribution is -2.29. The number of nitrogens with two attached hydrogens (primary N) is 1. The van der Waals surface area contributed by atoms with Gasteiger partial charge in [-0.15, -0.1) is 11.3 Å². The fraction of sp³-hybridized carbons (Fsp3) is 0.286. The lowest BCUT2D eigenvalue weighted by Gasteiger charge is -2.15. The fourth-order valence-corrected chi connectivity index (χ4v) is 3.35. The highest BCUT2D eigenvalue weighted by Gasteiger charge is 2.15. The van der Waals surface area contributed by atoms with Gasteiger partial charge < -0.3 is 0 Å². The number of aryl methyl sites for hydroxylation is 1. The molecule has 5 heteroatoms. The third-order valence-corrected chi connectivity index (χ3v) is 5.12. The highest BCUT2D eigenvalue weighted by molar-refractivity contribution is 9.10. The molecular weight excluding hydrogens is 327 g/mol. The molecule has 2 nitrogen and oxygen atoms in total.